The van der Waals surface area contributed by atoms with Crippen molar-refractivity contribution in [1.82, 2.24) is 5.32 Å². The lowest BCUT2D eigenvalue weighted by atomic mass is 10.2. The predicted molar refractivity (Wildman–Crippen MR) is 64.2 cm³/mol. The second-order valence-electron chi connectivity index (χ2n) is 3.68. The third kappa shape index (κ3) is 4.08. The number of halogens is 2. The number of hydrogen-bond donors (Lipinski definition) is 1. The number of rotatable bonds is 6. The van der Waals surface area contributed by atoms with E-state index in [1.165, 1.54) is 6.07 Å². The summed E-state index contributed by atoms with van der Waals surface area (Å²) in [5.74, 6) is -0.271. The lowest BCUT2D eigenvalue weighted by Crippen LogP contribution is -2.32. The predicted octanol–water partition coefficient (Wildman–Crippen LogP) is 2.99. The molecule has 16 heavy (non-hydrogen) atoms. The monoisotopic (exact) mass is 245 g/mol. The van der Waals surface area contributed by atoms with Crippen LogP contribution >= 0.6 is 11.6 Å². The maximum atomic E-state index is 13.4. The van der Waals surface area contributed by atoms with Gasteiger partial charge >= 0.3 is 0 Å². The first kappa shape index (κ1) is 13.4. The van der Waals surface area contributed by atoms with Gasteiger partial charge in [-0.2, -0.15) is 0 Å². The number of ether oxygens (including phenoxy) is 1. The van der Waals surface area contributed by atoms with Crippen LogP contribution in [0, 0.1) is 5.82 Å². The molecule has 0 spiro atoms. The molecule has 0 aliphatic carbocycles. The van der Waals surface area contributed by atoms with Gasteiger partial charge in [-0.05, 0) is 18.6 Å². The zero-order valence-corrected chi connectivity index (χ0v) is 10.4. The number of benzene rings is 1. The first-order chi connectivity index (χ1) is 7.67. The fourth-order valence-electron chi connectivity index (χ4n) is 1.44. The van der Waals surface area contributed by atoms with Gasteiger partial charge < -0.3 is 10.1 Å². The van der Waals surface area contributed by atoms with Gasteiger partial charge in [0.25, 0.3) is 0 Å². The summed E-state index contributed by atoms with van der Waals surface area (Å²) in [6.45, 7) is 3.19. The highest BCUT2D eigenvalue weighted by molar-refractivity contribution is 6.30. The summed E-state index contributed by atoms with van der Waals surface area (Å²) in [5.41, 5.74) is 0.624. The largest absolute Gasteiger partial charge is 0.383 e. The Labute approximate surface area is 101 Å². The molecule has 1 N–H and O–H groups in total. The maximum absolute atomic E-state index is 13.4. The van der Waals surface area contributed by atoms with Gasteiger partial charge in [-0.15, -0.1) is 0 Å². The SMILES string of the molecule is CCC(COC)NCc1ccc(Cl)cc1F. The van der Waals surface area contributed by atoms with Crippen molar-refractivity contribution in [3.05, 3.63) is 34.6 Å². The maximum Gasteiger partial charge on any atom is 0.129 e. The van der Waals surface area contributed by atoms with Crippen LogP contribution in [0.5, 0.6) is 0 Å². The minimum absolute atomic E-state index is 0.250. The molecular formula is C12H17ClFNO. The Morgan fingerprint density at radius 3 is 2.81 bits per heavy atom. The van der Waals surface area contributed by atoms with E-state index in [-0.39, 0.29) is 11.9 Å². The molecule has 1 rings (SSSR count). The van der Waals surface area contributed by atoms with Crippen molar-refractivity contribution in [2.45, 2.75) is 25.9 Å². The van der Waals surface area contributed by atoms with Crippen molar-refractivity contribution >= 4 is 11.6 Å². The van der Waals surface area contributed by atoms with Crippen LogP contribution in [-0.2, 0) is 11.3 Å². The van der Waals surface area contributed by atoms with Gasteiger partial charge in [-0.3, -0.25) is 0 Å². The molecule has 0 aromatic heterocycles. The van der Waals surface area contributed by atoms with E-state index in [1.54, 1.807) is 19.2 Å². The van der Waals surface area contributed by atoms with Gasteiger partial charge in [0, 0.05) is 30.3 Å². The van der Waals surface area contributed by atoms with Crippen LogP contribution in [0.4, 0.5) is 4.39 Å². The van der Waals surface area contributed by atoms with Crippen LogP contribution in [-0.4, -0.2) is 19.8 Å². The molecular weight excluding hydrogens is 229 g/mol. The minimum atomic E-state index is -0.271. The summed E-state index contributed by atoms with van der Waals surface area (Å²) in [6, 6.07) is 4.97. The molecule has 0 radical (unpaired) electrons. The van der Waals surface area contributed by atoms with Crippen molar-refractivity contribution in [3.8, 4) is 0 Å². The van der Waals surface area contributed by atoms with Crippen molar-refractivity contribution in [3.63, 3.8) is 0 Å². The summed E-state index contributed by atoms with van der Waals surface area (Å²) in [4.78, 5) is 0. The normalized spacial score (nSPS) is 12.8. The topological polar surface area (TPSA) is 21.3 Å². The molecule has 0 aliphatic rings. The molecule has 2 nitrogen and oxygen atoms in total. The summed E-state index contributed by atoms with van der Waals surface area (Å²) in [7, 11) is 1.66. The van der Waals surface area contributed by atoms with E-state index in [2.05, 4.69) is 12.2 Å². The van der Waals surface area contributed by atoms with E-state index in [4.69, 9.17) is 16.3 Å². The lowest BCUT2D eigenvalue weighted by molar-refractivity contribution is 0.163. The Morgan fingerprint density at radius 1 is 1.50 bits per heavy atom. The fraction of sp³-hybridized carbons (Fsp3) is 0.500. The number of hydrogen-bond acceptors (Lipinski definition) is 2. The first-order valence-electron chi connectivity index (χ1n) is 5.33. The van der Waals surface area contributed by atoms with Crippen LogP contribution < -0.4 is 5.32 Å². The molecule has 0 saturated heterocycles. The van der Waals surface area contributed by atoms with Crippen molar-refractivity contribution in [1.29, 1.82) is 0 Å². The Kier molecular flexibility index (Phi) is 5.74. The summed E-state index contributed by atoms with van der Waals surface area (Å²) < 4.78 is 18.5. The second kappa shape index (κ2) is 6.84. The van der Waals surface area contributed by atoms with Crippen LogP contribution in [0.15, 0.2) is 18.2 Å². The second-order valence-corrected chi connectivity index (χ2v) is 4.11. The quantitative estimate of drug-likeness (QED) is 0.832. The van der Waals surface area contributed by atoms with Crippen molar-refractivity contribution in [2.75, 3.05) is 13.7 Å². The molecule has 1 aromatic rings. The average molecular weight is 246 g/mol. The molecule has 1 unspecified atom stereocenters. The first-order valence-corrected chi connectivity index (χ1v) is 5.71. The molecule has 90 valence electrons. The van der Waals surface area contributed by atoms with Gasteiger partial charge in [0.15, 0.2) is 0 Å². The van der Waals surface area contributed by atoms with Crippen molar-refractivity contribution < 1.29 is 9.13 Å². The van der Waals surface area contributed by atoms with Gasteiger partial charge in [-0.1, -0.05) is 24.6 Å². The number of nitrogens with one attached hydrogen (secondary N) is 1. The molecule has 1 aromatic carbocycles. The fourth-order valence-corrected chi connectivity index (χ4v) is 1.60. The average Bonchev–Trinajstić information content (AvgIpc) is 2.26. The molecule has 0 aliphatic heterocycles. The zero-order valence-electron chi connectivity index (χ0n) is 9.59. The Balaban J connectivity index is 2.53. The number of methoxy groups -OCH3 is 1. The highest BCUT2D eigenvalue weighted by Gasteiger charge is 2.07. The van der Waals surface area contributed by atoms with E-state index >= 15 is 0 Å². The summed E-state index contributed by atoms with van der Waals surface area (Å²) in [6.07, 6.45) is 0.947. The van der Waals surface area contributed by atoms with Crippen LogP contribution in [0.25, 0.3) is 0 Å². The van der Waals surface area contributed by atoms with E-state index in [9.17, 15) is 4.39 Å². The highest BCUT2D eigenvalue weighted by Crippen LogP contribution is 2.14. The lowest BCUT2D eigenvalue weighted by Gasteiger charge is -2.16. The standard InChI is InChI=1S/C12H17ClFNO/c1-3-11(8-16-2)15-7-9-4-5-10(13)6-12(9)14/h4-6,11,15H,3,7-8H2,1-2H3. The van der Waals surface area contributed by atoms with Crippen LogP contribution in [0.3, 0.4) is 0 Å². The zero-order chi connectivity index (χ0) is 12.0. The molecule has 0 bridgehead atoms. The van der Waals surface area contributed by atoms with E-state index < -0.39 is 0 Å². The Bertz CT molecular complexity index is 333. The Morgan fingerprint density at radius 2 is 2.25 bits per heavy atom. The molecule has 4 heteroatoms. The van der Waals surface area contributed by atoms with Gasteiger partial charge in [0.05, 0.1) is 6.61 Å². The van der Waals surface area contributed by atoms with Gasteiger partial charge in [0.1, 0.15) is 5.82 Å². The molecule has 0 fully saturated rings. The van der Waals surface area contributed by atoms with E-state index in [0.717, 1.165) is 6.42 Å². The molecule has 0 amide bonds. The molecule has 1 atom stereocenters. The van der Waals surface area contributed by atoms with Crippen LogP contribution in [0.1, 0.15) is 18.9 Å². The van der Waals surface area contributed by atoms with E-state index in [0.29, 0.717) is 23.7 Å². The minimum Gasteiger partial charge on any atom is -0.383 e. The highest BCUT2D eigenvalue weighted by atomic mass is 35.5. The smallest absolute Gasteiger partial charge is 0.129 e. The third-order valence-electron chi connectivity index (χ3n) is 2.46. The molecule has 0 heterocycles. The van der Waals surface area contributed by atoms with Gasteiger partial charge in [0.2, 0.25) is 0 Å². The Hall–Kier alpha value is -0.640. The summed E-state index contributed by atoms with van der Waals surface area (Å²) >= 11 is 5.68. The third-order valence-corrected chi connectivity index (χ3v) is 2.69. The summed E-state index contributed by atoms with van der Waals surface area (Å²) in [5, 5.41) is 3.66. The molecule has 0 saturated carbocycles. The van der Waals surface area contributed by atoms with E-state index in [1.807, 2.05) is 0 Å². The van der Waals surface area contributed by atoms with Crippen molar-refractivity contribution in [2.24, 2.45) is 0 Å². The van der Waals surface area contributed by atoms with Crippen LogP contribution in [0.2, 0.25) is 5.02 Å². The van der Waals surface area contributed by atoms with Gasteiger partial charge in [-0.25, -0.2) is 4.39 Å².